The molecule has 2 aromatic heterocycles. The van der Waals surface area contributed by atoms with Gasteiger partial charge in [-0.05, 0) is 37.3 Å². The number of aromatic nitrogens is 2. The van der Waals surface area contributed by atoms with Gasteiger partial charge in [-0.3, -0.25) is 9.59 Å². The van der Waals surface area contributed by atoms with Crippen molar-refractivity contribution in [2.75, 3.05) is 5.32 Å². The molecule has 0 amide bonds. The molecule has 2 heterocycles. The van der Waals surface area contributed by atoms with Crippen LogP contribution in [0, 0.1) is 6.92 Å². The van der Waals surface area contributed by atoms with Crippen LogP contribution in [0.25, 0.3) is 11.0 Å². The zero-order valence-corrected chi connectivity index (χ0v) is 11.6. The summed E-state index contributed by atoms with van der Waals surface area (Å²) in [5, 5.41) is 3.30. The Morgan fingerprint density at radius 1 is 1.05 bits per heavy atom. The largest absolute Gasteiger partial charge is 0.380 e. The van der Waals surface area contributed by atoms with Crippen molar-refractivity contribution >= 4 is 28.1 Å². The second-order valence-electron chi connectivity index (χ2n) is 4.53. The van der Waals surface area contributed by atoms with Crippen molar-refractivity contribution in [2.45, 2.75) is 13.5 Å². The van der Waals surface area contributed by atoms with Crippen LogP contribution in [0.1, 0.15) is 9.75 Å². The molecule has 3 rings (SSSR count). The van der Waals surface area contributed by atoms with Crippen molar-refractivity contribution in [2.24, 2.45) is 0 Å². The van der Waals surface area contributed by atoms with Gasteiger partial charge in [0.1, 0.15) is 0 Å². The normalized spacial score (nSPS) is 10.8. The Bertz CT molecular complexity index is 876. The number of thiophene rings is 1. The van der Waals surface area contributed by atoms with Crippen molar-refractivity contribution in [3.8, 4) is 0 Å². The fourth-order valence-electron chi connectivity index (χ4n) is 1.99. The Hall–Kier alpha value is -2.34. The van der Waals surface area contributed by atoms with Gasteiger partial charge in [-0.1, -0.05) is 0 Å². The standard InChI is InChI=1S/C14H13N3O2S/c1-8-2-4-10(20-8)7-15-9-3-5-11-12(6-9)17-14(19)13(18)16-11/h2-6,15H,7H2,1H3,(H,16,18)(H,17,19). The van der Waals surface area contributed by atoms with Gasteiger partial charge < -0.3 is 15.3 Å². The van der Waals surface area contributed by atoms with Gasteiger partial charge in [-0.2, -0.15) is 0 Å². The van der Waals surface area contributed by atoms with E-state index in [9.17, 15) is 9.59 Å². The van der Waals surface area contributed by atoms with Crippen molar-refractivity contribution in [1.82, 2.24) is 9.97 Å². The van der Waals surface area contributed by atoms with Crippen LogP contribution in [0.15, 0.2) is 39.9 Å². The Kier molecular flexibility index (Phi) is 3.15. The molecule has 6 heteroatoms. The van der Waals surface area contributed by atoms with E-state index in [0.29, 0.717) is 11.0 Å². The summed E-state index contributed by atoms with van der Waals surface area (Å²) in [6.07, 6.45) is 0. The summed E-state index contributed by atoms with van der Waals surface area (Å²) in [6, 6.07) is 9.64. The second kappa shape index (κ2) is 4.97. The third-order valence-electron chi connectivity index (χ3n) is 2.98. The highest BCUT2D eigenvalue weighted by molar-refractivity contribution is 7.11. The van der Waals surface area contributed by atoms with Gasteiger partial charge in [-0.25, -0.2) is 0 Å². The Balaban J connectivity index is 1.87. The maximum absolute atomic E-state index is 11.3. The van der Waals surface area contributed by atoms with E-state index in [4.69, 9.17) is 0 Å². The van der Waals surface area contributed by atoms with Gasteiger partial charge in [0.15, 0.2) is 0 Å². The molecule has 0 atom stereocenters. The number of aryl methyl sites for hydroxylation is 1. The van der Waals surface area contributed by atoms with E-state index >= 15 is 0 Å². The maximum Gasteiger partial charge on any atom is 0.314 e. The number of rotatable bonds is 3. The third kappa shape index (κ3) is 2.50. The molecule has 0 spiro atoms. The van der Waals surface area contributed by atoms with Crippen LogP contribution in [-0.4, -0.2) is 9.97 Å². The highest BCUT2D eigenvalue weighted by atomic mass is 32.1. The van der Waals surface area contributed by atoms with Crippen molar-refractivity contribution in [1.29, 1.82) is 0 Å². The molecule has 5 nitrogen and oxygen atoms in total. The van der Waals surface area contributed by atoms with Gasteiger partial charge in [0, 0.05) is 22.0 Å². The lowest BCUT2D eigenvalue weighted by Crippen LogP contribution is -2.28. The Morgan fingerprint density at radius 2 is 1.80 bits per heavy atom. The number of aromatic amines is 2. The van der Waals surface area contributed by atoms with Crippen LogP contribution < -0.4 is 16.4 Å². The molecule has 0 fully saturated rings. The predicted octanol–water partition coefficient (Wildman–Crippen LogP) is 2.20. The molecule has 0 unspecified atom stereocenters. The van der Waals surface area contributed by atoms with Gasteiger partial charge in [0.2, 0.25) is 0 Å². The number of hydrogen-bond acceptors (Lipinski definition) is 4. The fourth-order valence-corrected chi connectivity index (χ4v) is 2.82. The molecule has 1 aromatic carbocycles. The smallest absolute Gasteiger partial charge is 0.314 e. The highest BCUT2D eigenvalue weighted by Gasteiger charge is 2.01. The minimum Gasteiger partial charge on any atom is -0.380 e. The van der Waals surface area contributed by atoms with E-state index in [1.165, 1.54) is 9.75 Å². The monoisotopic (exact) mass is 287 g/mol. The zero-order valence-electron chi connectivity index (χ0n) is 10.8. The van der Waals surface area contributed by atoms with Crippen LogP contribution in [0.2, 0.25) is 0 Å². The van der Waals surface area contributed by atoms with Crippen molar-refractivity contribution in [3.63, 3.8) is 0 Å². The molecular weight excluding hydrogens is 274 g/mol. The van der Waals surface area contributed by atoms with Crippen LogP contribution in [0.3, 0.4) is 0 Å². The first-order chi connectivity index (χ1) is 9.61. The van der Waals surface area contributed by atoms with E-state index in [1.807, 2.05) is 12.1 Å². The SMILES string of the molecule is Cc1ccc(CNc2ccc3[nH]c(=O)c(=O)[nH]c3c2)s1. The molecule has 102 valence electrons. The Morgan fingerprint density at radius 3 is 2.50 bits per heavy atom. The summed E-state index contributed by atoms with van der Waals surface area (Å²) >= 11 is 1.75. The summed E-state index contributed by atoms with van der Waals surface area (Å²) in [6.45, 7) is 2.81. The molecule has 0 bridgehead atoms. The summed E-state index contributed by atoms with van der Waals surface area (Å²) in [5.41, 5.74) is 0.858. The fraction of sp³-hybridized carbons (Fsp3) is 0.143. The summed E-state index contributed by atoms with van der Waals surface area (Å²) in [4.78, 5) is 30.2. The molecule has 0 aliphatic carbocycles. The van der Waals surface area contributed by atoms with E-state index in [1.54, 1.807) is 17.4 Å². The number of fused-ring (bicyclic) bond motifs is 1. The number of H-pyrrole nitrogens is 2. The first kappa shape index (κ1) is 12.7. The second-order valence-corrected chi connectivity index (χ2v) is 5.91. The quantitative estimate of drug-likeness (QED) is 0.646. The van der Waals surface area contributed by atoms with Crippen molar-refractivity contribution in [3.05, 3.63) is 60.8 Å². The highest BCUT2D eigenvalue weighted by Crippen LogP contribution is 2.18. The summed E-state index contributed by atoms with van der Waals surface area (Å²) < 4.78 is 0. The van der Waals surface area contributed by atoms with E-state index in [0.717, 1.165) is 12.2 Å². The molecule has 0 aliphatic rings. The number of nitrogens with one attached hydrogen (secondary N) is 3. The van der Waals surface area contributed by atoms with Gasteiger partial charge in [0.25, 0.3) is 0 Å². The van der Waals surface area contributed by atoms with Gasteiger partial charge >= 0.3 is 11.1 Å². The van der Waals surface area contributed by atoms with E-state index < -0.39 is 11.1 Å². The van der Waals surface area contributed by atoms with Crippen LogP contribution >= 0.6 is 11.3 Å². The minimum absolute atomic E-state index is 0.613. The first-order valence-corrected chi connectivity index (χ1v) is 6.99. The van der Waals surface area contributed by atoms with Gasteiger partial charge in [0.05, 0.1) is 11.0 Å². The van der Waals surface area contributed by atoms with E-state index in [2.05, 4.69) is 34.3 Å². The molecule has 0 aliphatic heterocycles. The van der Waals surface area contributed by atoms with Crippen LogP contribution in [0.4, 0.5) is 5.69 Å². The Labute approximate surface area is 118 Å². The molecule has 0 radical (unpaired) electrons. The number of anilines is 1. The number of benzene rings is 1. The predicted molar refractivity (Wildman–Crippen MR) is 81.6 cm³/mol. The average molecular weight is 287 g/mol. The zero-order chi connectivity index (χ0) is 14.1. The van der Waals surface area contributed by atoms with Crippen molar-refractivity contribution < 1.29 is 0 Å². The maximum atomic E-state index is 11.3. The minimum atomic E-state index is -0.636. The van der Waals surface area contributed by atoms with E-state index in [-0.39, 0.29) is 0 Å². The molecule has 0 saturated carbocycles. The third-order valence-corrected chi connectivity index (χ3v) is 3.99. The number of hydrogen-bond donors (Lipinski definition) is 3. The summed E-state index contributed by atoms with van der Waals surface area (Å²) in [5.74, 6) is 0. The molecule has 3 N–H and O–H groups in total. The average Bonchev–Trinajstić information content (AvgIpc) is 2.84. The summed E-state index contributed by atoms with van der Waals surface area (Å²) in [7, 11) is 0. The lowest BCUT2D eigenvalue weighted by molar-refractivity contribution is 1.14. The molecular formula is C14H13N3O2S. The van der Waals surface area contributed by atoms with Gasteiger partial charge in [-0.15, -0.1) is 11.3 Å². The topological polar surface area (TPSA) is 77.8 Å². The molecule has 3 aromatic rings. The molecule has 20 heavy (non-hydrogen) atoms. The van der Waals surface area contributed by atoms with Crippen LogP contribution in [-0.2, 0) is 6.54 Å². The lowest BCUT2D eigenvalue weighted by Gasteiger charge is -2.06. The molecule has 0 saturated heterocycles. The van der Waals surface area contributed by atoms with Crippen LogP contribution in [0.5, 0.6) is 0 Å². The lowest BCUT2D eigenvalue weighted by atomic mass is 10.2. The first-order valence-electron chi connectivity index (χ1n) is 6.17.